The number of hydrogen-bond donors (Lipinski definition) is 3. The quantitative estimate of drug-likeness (QED) is 0.197. The van der Waals surface area contributed by atoms with Crippen LogP contribution in [0.15, 0.2) is 54.7 Å². The van der Waals surface area contributed by atoms with Crippen LogP contribution in [0.25, 0.3) is 5.65 Å². The lowest BCUT2D eigenvalue weighted by molar-refractivity contribution is 0.170. The van der Waals surface area contributed by atoms with Gasteiger partial charge in [0.2, 0.25) is 10.0 Å². The molecule has 2 amide bonds. The Morgan fingerprint density at radius 2 is 1.73 bits per heavy atom. The fourth-order valence-electron chi connectivity index (χ4n) is 6.74. The second-order valence-electron chi connectivity index (χ2n) is 13.8. The summed E-state index contributed by atoms with van der Waals surface area (Å²) in [6.45, 7) is 7.08. The number of nitrogens with one attached hydrogen (secondary N) is 3. The van der Waals surface area contributed by atoms with Crippen LogP contribution < -0.4 is 24.8 Å². The summed E-state index contributed by atoms with van der Waals surface area (Å²) in [6, 6.07) is 15.0. The van der Waals surface area contributed by atoms with E-state index in [0.29, 0.717) is 18.5 Å². The second kappa shape index (κ2) is 13.3. The molecule has 2 aliphatic rings. The van der Waals surface area contributed by atoms with E-state index in [1.807, 2.05) is 73.8 Å². The van der Waals surface area contributed by atoms with E-state index in [1.165, 1.54) is 20.0 Å². The molecular weight excluding hydrogens is 630 g/mol. The highest BCUT2D eigenvalue weighted by atomic mass is 32.2. The van der Waals surface area contributed by atoms with Gasteiger partial charge in [-0.25, -0.2) is 13.2 Å². The molecule has 1 saturated heterocycles. The minimum absolute atomic E-state index is 0.203. The Labute approximate surface area is 282 Å². The van der Waals surface area contributed by atoms with Gasteiger partial charge in [0.1, 0.15) is 11.9 Å². The number of pyridine rings is 1. The summed E-state index contributed by atoms with van der Waals surface area (Å²) >= 11 is 0. The van der Waals surface area contributed by atoms with Gasteiger partial charge in [0.05, 0.1) is 43.0 Å². The number of carbonyl (C=O) groups excluding carboxylic acids is 1. The van der Waals surface area contributed by atoms with Gasteiger partial charge in [-0.05, 0) is 85.6 Å². The van der Waals surface area contributed by atoms with Gasteiger partial charge in [-0.3, -0.25) is 14.0 Å². The lowest BCUT2D eigenvalue weighted by atomic mass is 9.85. The van der Waals surface area contributed by atoms with Gasteiger partial charge in [0.15, 0.2) is 17.2 Å². The highest BCUT2D eigenvalue weighted by Gasteiger charge is 2.31. The minimum Gasteiger partial charge on any atom is -0.492 e. The first-order valence-electron chi connectivity index (χ1n) is 16.4. The van der Waals surface area contributed by atoms with Crippen molar-refractivity contribution in [1.29, 1.82) is 0 Å². The molecule has 1 aliphatic heterocycles. The van der Waals surface area contributed by atoms with Crippen molar-refractivity contribution in [3.05, 3.63) is 77.2 Å². The number of hydrogen-bond acceptors (Lipinski definition) is 8. The normalized spacial score (nSPS) is 20.2. The molecule has 3 heterocycles. The highest BCUT2D eigenvalue weighted by molar-refractivity contribution is 7.92. The molecule has 0 radical (unpaired) electrons. The van der Waals surface area contributed by atoms with Crippen LogP contribution in [0.4, 0.5) is 16.2 Å². The number of benzene rings is 2. The molecule has 256 valence electrons. The molecule has 3 atom stereocenters. The summed E-state index contributed by atoms with van der Waals surface area (Å²) in [5.74, 6) is 1.89. The molecule has 6 rings (SSSR count). The number of anilines is 2. The molecule has 4 aromatic rings. The Kier molecular flexibility index (Phi) is 9.27. The van der Waals surface area contributed by atoms with E-state index >= 15 is 0 Å². The first kappa shape index (κ1) is 33.5. The number of methoxy groups -OCH3 is 1. The molecule has 2 aromatic heterocycles. The van der Waals surface area contributed by atoms with Crippen LogP contribution in [-0.4, -0.2) is 60.9 Å². The number of sulfonamides is 1. The number of urea groups is 1. The lowest BCUT2D eigenvalue weighted by Crippen LogP contribution is -2.35. The zero-order valence-corrected chi connectivity index (χ0v) is 29.2. The summed E-state index contributed by atoms with van der Waals surface area (Å²) < 4.78 is 41.0. The number of ether oxygens (including phenoxy) is 2. The Morgan fingerprint density at radius 3 is 2.44 bits per heavy atom. The molecule has 48 heavy (non-hydrogen) atoms. The van der Waals surface area contributed by atoms with E-state index in [-0.39, 0.29) is 35.0 Å². The van der Waals surface area contributed by atoms with Crippen LogP contribution in [0.5, 0.6) is 11.5 Å². The molecule has 0 bridgehead atoms. The van der Waals surface area contributed by atoms with Crippen molar-refractivity contribution in [1.82, 2.24) is 24.8 Å². The van der Waals surface area contributed by atoms with Crippen molar-refractivity contribution in [2.75, 3.05) is 37.0 Å². The Bertz CT molecular complexity index is 1920. The summed E-state index contributed by atoms with van der Waals surface area (Å²) in [5, 5.41) is 15.0. The molecule has 12 nitrogen and oxygen atoms in total. The van der Waals surface area contributed by atoms with Crippen LogP contribution in [0.2, 0.25) is 0 Å². The van der Waals surface area contributed by atoms with E-state index in [4.69, 9.17) is 9.47 Å². The largest absolute Gasteiger partial charge is 0.492 e. The molecule has 3 N–H and O–H groups in total. The highest BCUT2D eigenvalue weighted by Crippen LogP contribution is 2.41. The number of rotatable bonds is 8. The Hall–Kier alpha value is -4.36. The topological polar surface area (TPSA) is 139 Å². The van der Waals surface area contributed by atoms with E-state index < -0.39 is 16.1 Å². The first-order chi connectivity index (χ1) is 22.8. The number of carbonyl (C=O) groups is 1. The third-order valence-corrected chi connectivity index (χ3v) is 9.78. The molecule has 1 fully saturated rings. The van der Waals surface area contributed by atoms with Crippen molar-refractivity contribution >= 4 is 33.1 Å². The number of likely N-dealkylation sites (tertiary alicyclic amines) is 1. The SMILES string of the molecule is COc1c(NC(=O)N[C@H]2CC[C@@H](Oc3ccc4nnc([C@@H]5CCCCN5C)n4c3)c3ccccc32)cc(C(C)(C)C)cc1NS(C)(=O)=O. The van der Waals surface area contributed by atoms with Crippen LogP contribution in [0, 0.1) is 0 Å². The second-order valence-corrected chi connectivity index (χ2v) is 15.6. The molecule has 1 aliphatic carbocycles. The van der Waals surface area contributed by atoms with Gasteiger partial charge in [0.25, 0.3) is 0 Å². The van der Waals surface area contributed by atoms with Gasteiger partial charge >= 0.3 is 6.03 Å². The van der Waals surface area contributed by atoms with Crippen LogP contribution in [0.1, 0.15) is 93.6 Å². The predicted molar refractivity (Wildman–Crippen MR) is 186 cm³/mol. The maximum atomic E-state index is 13.5. The van der Waals surface area contributed by atoms with E-state index in [1.54, 1.807) is 6.07 Å². The predicted octanol–water partition coefficient (Wildman–Crippen LogP) is 6.34. The number of nitrogens with zero attached hydrogens (tertiary/aromatic N) is 4. The molecule has 0 unspecified atom stereocenters. The van der Waals surface area contributed by atoms with E-state index in [2.05, 4.69) is 37.5 Å². The van der Waals surface area contributed by atoms with Crippen molar-refractivity contribution in [2.45, 2.75) is 76.5 Å². The van der Waals surface area contributed by atoms with Crippen molar-refractivity contribution < 1.29 is 22.7 Å². The molecule has 0 saturated carbocycles. The van der Waals surface area contributed by atoms with Crippen molar-refractivity contribution in [3.63, 3.8) is 0 Å². The summed E-state index contributed by atoms with van der Waals surface area (Å²) in [6.07, 6.45) is 7.61. The maximum Gasteiger partial charge on any atom is 0.319 e. The van der Waals surface area contributed by atoms with Gasteiger partial charge in [-0.15, -0.1) is 10.2 Å². The zero-order valence-electron chi connectivity index (χ0n) is 28.4. The van der Waals surface area contributed by atoms with E-state index in [0.717, 1.165) is 53.1 Å². The number of fused-ring (bicyclic) bond motifs is 2. The summed E-state index contributed by atoms with van der Waals surface area (Å²) in [4.78, 5) is 15.9. The number of aromatic nitrogens is 3. The fraction of sp³-hybridized carbons (Fsp3) is 0.457. The lowest BCUT2D eigenvalue weighted by Gasteiger charge is -2.32. The fourth-order valence-corrected chi connectivity index (χ4v) is 7.29. The monoisotopic (exact) mass is 675 g/mol. The van der Waals surface area contributed by atoms with Crippen LogP contribution >= 0.6 is 0 Å². The molecule has 2 aromatic carbocycles. The first-order valence-corrected chi connectivity index (χ1v) is 18.3. The van der Waals surface area contributed by atoms with Gasteiger partial charge in [-0.2, -0.15) is 0 Å². The third kappa shape index (κ3) is 7.21. The molecule has 13 heteroatoms. The maximum absolute atomic E-state index is 13.5. The van der Waals surface area contributed by atoms with Crippen molar-refractivity contribution in [2.24, 2.45) is 0 Å². The summed E-state index contributed by atoms with van der Waals surface area (Å²) in [5.41, 5.74) is 3.91. The zero-order chi connectivity index (χ0) is 34.2. The smallest absolute Gasteiger partial charge is 0.319 e. The third-order valence-electron chi connectivity index (χ3n) is 9.19. The van der Waals surface area contributed by atoms with Crippen LogP contribution in [0.3, 0.4) is 0 Å². The van der Waals surface area contributed by atoms with Crippen molar-refractivity contribution in [3.8, 4) is 11.5 Å². The Morgan fingerprint density at radius 1 is 0.979 bits per heavy atom. The Balaban J connectivity index is 1.21. The van der Waals surface area contributed by atoms with Gasteiger partial charge < -0.3 is 20.1 Å². The molecular formula is C35H45N7O5S. The van der Waals surface area contributed by atoms with Gasteiger partial charge in [-0.1, -0.05) is 51.5 Å². The standard InChI is InChI=1S/C35H45N7O5S/c1-35(2,3)22-19-27(32(46-5)28(20-22)40-48(6,44)45)37-34(43)36-26-15-16-30(25-12-8-7-11-24(25)26)47-23-14-17-31-38-39-33(42(31)21-23)29-13-9-10-18-41(29)4/h7-8,11-12,14,17,19-21,26,29-30,40H,9-10,13,15-16,18H2,1-6H3,(H2,36,37,43)/t26-,29-,30+/m0/s1. The summed E-state index contributed by atoms with van der Waals surface area (Å²) in [7, 11) is -0.0169. The average molecular weight is 676 g/mol. The molecule has 0 spiro atoms. The minimum atomic E-state index is -3.60. The van der Waals surface area contributed by atoms with Gasteiger partial charge in [0, 0.05) is 0 Å². The van der Waals surface area contributed by atoms with E-state index in [9.17, 15) is 13.2 Å². The van der Waals surface area contributed by atoms with Crippen LogP contribution in [-0.2, 0) is 15.4 Å². The average Bonchev–Trinajstić information content (AvgIpc) is 3.44. The number of amides is 2. The number of piperidine rings is 1.